The SMILES string of the molecule is Oc1cc(OCCN2CCCC2)ccc1C=Nc1ccc(F)cc1N=Cc1ccc(OCCN2CCCC2)cc1O. The summed E-state index contributed by atoms with van der Waals surface area (Å²) in [6.07, 6.45) is 7.90. The van der Waals surface area contributed by atoms with Crippen molar-refractivity contribution >= 4 is 23.8 Å². The summed E-state index contributed by atoms with van der Waals surface area (Å²) >= 11 is 0. The van der Waals surface area contributed by atoms with Crippen molar-refractivity contribution in [3.05, 3.63) is 71.5 Å². The van der Waals surface area contributed by atoms with Gasteiger partial charge in [0.15, 0.2) is 0 Å². The van der Waals surface area contributed by atoms with E-state index < -0.39 is 5.82 Å². The molecule has 3 aromatic rings. The smallest absolute Gasteiger partial charge is 0.128 e. The molecule has 2 fully saturated rings. The monoisotopic (exact) mass is 560 g/mol. The Kier molecular flexibility index (Phi) is 9.82. The first-order valence-corrected chi connectivity index (χ1v) is 14.3. The lowest BCUT2D eigenvalue weighted by Crippen LogP contribution is -2.25. The Morgan fingerprint density at radius 2 is 1.15 bits per heavy atom. The molecule has 0 unspecified atom stereocenters. The van der Waals surface area contributed by atoms with Crippen LogP contribution in [0.5, 0.6) is 23.0 Å². The van der Waals surface area contributed by atoms with E-state index in [2.05, 4.69) is 19.8 Å². The summed E-state index contributed by atoms with van der Waals surface area (Å²) in [5.41, 5.74) is 1.66. The minimum absolute atomic E-state index is 0.0153. The van der Waals surface area contributed by atoms with Gasteiger partial charge in [0.05, 0.1) is 11.4 Å². The maximum absolute atomic E-state index is 14.1. The largest absolute Gasteiger partial charge is 0.507 e. The summed E-state index contributed by atoms with van der Waals surface area (Å²) in [5.74, 6) is 0.764. The predicted molar refractivity (Wildman–Crippen MR) is 159 cm³/mol. The van der Waals surface area contributed by atoms with Crippen molar-refractivity contribution in [1.82, 2.24) is 9.80 Å². The van der Waals surface area contributed by atoms with Gasteiger partial charge in [-0.25, -0.2) is 4.39 Å². The fourth-order valence-electron chi connectivity index (χ4n) is 5.03. The molecule has 5 rings (SSSR count). The van der Waals surface area contributed by atoms with Crippen molar-refractivity contribution in [2.45, 2.75) is 25.7 Å². The Hall–Kier alpha value is -3.95. The maximum atomic E-state index is 14.1. The lowest BCUT2D eigenvalue weighted by atomic mass is 10.2. The maximum Gasteiger partial charge on any atom is 0.128 e. The molecule has 3 aromatic carbocycles. The molecule has 2 heterocycles. The van der Waals surface area contributed by atoms with Gasteiger partial charge in [0.25, 0.3) is 0 Å². The second-order valence-electron chi connectivity index (χ2n) is 10.4. The normalized spacial score (nSPS) is 16.3. The minimum atomic E-state index is -0.458. The van der Waals surface area contributed by atoms with Crippen LogP contribution in [0.25, 0.3) is 0 Å². The Bertz CT molecular complexity index is 1370. The molecule has 0 aromatic heterocycles. The molecule has 0 aliphatic carbocycles. The van der Waals surface area contributed by atoms with E-state index in [1.165, 1.54) is 56.3 Å². The lowest BCUT2D eigenvalue weighted by molar-refractivity contribution is 0.237. The number of benzene rings is 3. The summed E-state index contributed by atoms with van der Waals surface area (Å²) in [5, 5.41) is 21.0. The third-order valence-corrected chi connectivity index (χ3v) is 7.38. The molecule has 216 valence electrons. The van der Waals surface area contributed by atoms with E-state index in [0.717, 1.165) is 39.3 Å². The molecule has 0 bridgehead atoms. The standard InChI is InChI=1S/C32H37FN4O4/c33-26-7-10-29(34-22-24-5-8-27(20-31(24)38)40-17-15-36-11-1-2-12-36)30(19-26)35-23-25-6-9-28(21-32(25)39)41-18-16-37-13-3-4-14-37/h5-10,19-23,38-39H,1-4,11-18H2. The average Bonchev–Trinajstić information content (AvgIpc) is 3.68. The molecule has 2 N–H and O–H groups in total. The highest BCUT2D eigenvalue weighted by Crippen LogP contribution is 2.31. The number of phenolic OH excluding ortho intramolecular Hbond substituents is 2. The second kappa shape index (κ2) is 14.1. The number of ether oxygens (including phenoxy) is 2. The highest BCUT2D eigenvalue weighted by molar-refractivity contribution is 5.89. The van der Waals surface area contributed by atoms with Crippen LogP contribution in [0.3, 0.4) is 0 Å². The van der Waals surface area contributed by atoms with Crippen molar-refractivity contribution in [3.63, 3.8) is 0 Å². The van der Waals surface area contributed by atoms with E-state index >= 15 is 0 Å². The van der Waals surface area contributed by atoms with Gasteiger partial charge in [-0.2, -0.15) is 0 Å². The fourth-order valence-corrected chi connectivity index (χ4v) is 5.03. The molecular weight excluding hydrogens is 523 g/mol. The van der Waals surface area contributed by atoms with Gasteiger partial charge in [0.2, 0.25) is 0 Å². The van der Waals surface area contributed by atoms with E-state index in [0.29, 0.717) is 41.5 Å². The molecule has 9 heteroatoms. The fraction of sp³-hybridized carbons (Fsp3) is 0.375. The molecule has 41 heavy (non-hydrogen) atoms. The highest BCUT2D eigenvalue weighted by atomic mass is 19.1. The lowest BCUT2D eigenvalue weighted by Gasteiger charge is -2.15. The molecule has 0 saturated carbocycles. The van der Waals surface area contributed by atoms with Crippen LogP contribution in [0.2, 0.25) is 0 Å². The highest BCUT2D eigenvalue weighted by Gasteiger charge is 2.12. The Labute approximate surface area is 240 Å². The zero-order valence-electron chi connectivity index (χ0n) is 23.2. The van der Waals surface area contributed by atoms with Crippen LogP contribution >= 0.6 is 0 Å². The number of phenols is 2. The molecule has 0 atom stereocenters. The van der Waals surface area contributed by atoms with Gasteiger partial charge in [-0.1, -0.05) is 0 Å². The first kappa shape index (κ1) is 28.6. The van der Waals surface area contributed by atoms with E-state index in [1.54, 1.807) is 36.4 Å². The minimum Gasteiger partial charge on any atom is -0.507 e. The van der Waals surface area contributed by atoms with Gasteiger partial charge in [-0.15, -0.1) is 0 Å². The Balaban J connectivity index is 1.20. The van der Waals surface area contributed by atoms with E-state index in [-0.39, 0.29) is 17.2 Å². The number of aromatic hydroxyl groups is 2. The molecule has 0 spiro atoms. The van der Waals surface area contributed by atoms with Crippen LogP contribution in [-0.2, 0) is 0 Å². The van der Waals surface area contributed by atoms with Crippen LogP contribution in [0, 0.1) is 5.82 Å². The first-order valence-electron chi connectivity index (χ1n) is 14.3. The zero-order chi connectivity index (χ0) is 28.4. The predicted octanol–water partition coefficient (Wildman–Crippen LogP) is 5.69. The third-order valence-electron chi connectivity index (χ3n) is 7.38. The quantitative estimate of drug-likeness (QED) is 0.277. The first-order chi connectivity index (χ1) is 20.0. The number of hydrogen-bond acceptors (Lipinski definition) is 8. The van der Waals surface area contributed by atoms with Crippen molar-refractivity contribution in [1.29, 1.82) is 0 Å². The summed E-state index contributed by atoms with van der Waals surface area (Å²) in [6, 6.07) is 14.2. The zero-order valence-corrected chi connectivity index (χ0v) is 23.2. The number of aliphatic imine (C=N–C) groups is 2. The second-order valence-corrected chi connectivity index (χ2v) is 10.4. The number of halogens is 1. The Morgan fingerprint density at radius 1 is 0.659 bits per heavy atom. The van der Waals surface area contributed by atoms with Gasteiger partial charge < -0.3 is 19.7 Å². The Morgan fingerprint density at radius 3 is 1.63 bits per heavy atom. The summed E-state index contributed by atoms with van der Waals surface area (Å²) in [4.78, 5) is 13.6. The van der Waals surface area contributed by atoms with Gasteiger partial charge in [-0.05, 0) is 88.3 Å². The molecule has 2 aliphatic rings. The number of rotatable bonds is 12. The van der Waals surface area contributed by atoms with Crippen molar-refractivity contribution in [2.24, 2.45) is 9.98 Å². The van der Waals surface area contributed by atoms with E-state index in [4.69, 9.17) is 9.47 Å². The molecule has 2 saturated heterocycles. The van der Waals surface area contributed by atoms with E-state index in [1.807, 2.05) is 0 Å². The summed E-state index contributed by atoms with van der Waals surface area (Å²) in [7, 11) is 0. The number of likely N-dealkylation sites (tertiary alicyclic amines) is 2. The van der Waals surface area contributed by atoms with Crippen LogP contribution in [0.15, 0.2) is 64.6 Å². The summed E-state index contributed by atoms with van der Waals surface area (Å²) < 4.78 is 25.6. The summed E-state index contributed by atoms with van der Waals surface area (Å²) in [6.45, 7) is 7.29. The van der Waals surface area contributed by atoms with Crippen molar-refractivity contribution < 1.29 is 24.1 Å². The van der Waals surface area contributed by atoms with Crippen molar-refractivity contribution in [3.8, 4) is 23.0 Å². The van der Waals surface area contributed by atoms with Crippen LogP contribution in [0.4, 0.5) is 15.8 Å². The van der Waals surface area contributed by atoms with Crippen LogP contribution in [-0.4, -0.2) is 84.9 Å². The van der Waals surface area contributed by atoms with Gasteiger partial charge in [0, 0.05) is 54.8 Å². The van der Waals surface area contributed by atoms with Crippen LogP contribution < -0.4 is 9.47 Å². The third kappa shape index (κ3) is 8.28. The van der Waals surface area contributed by atoms with Crippen LogP contribution in [0.1, 0.15) is 36.8 Å². The average molecular weight is 561 g/mol. The molecule has 8 nitrogen and oxygen atoms in total. The molecule has 2 aliphatic heterocycles. The van der Waals surface area contributed by atoms with Crippen molar-refractivity contribution in [2.75, 3.05) is 52.5 Å². The number of nitrogens with zero attached hydrogens (tertiary/aromatic N) is 4. The van der Waals surface area contributed by atoms with Gasteiger partial charge in [-0.3, -0.25) is 19.8 Å². The molecule has 0 radical (unpaired) electrons. The molecular formula is C32H37FN4O4. The van der Waals surface area contributed by atoms with Gasteiger partial charge >= 0.3 is 0 Å². The van der Waals surface area contributed by atoms with Gasteiger partial charge in [0.1, 0.15) is 42.0 Å². The molecule has 0 amide bonds. The number of hydrogen-bond donors (Lipinski definition) is 2. The van der Waals surface area contributed by atoms with E-state index in [9.17, 15) is 14.6 Å². The topological polar surface area (TPSA) is 90.1 Å².